The number of aryl methyl sites for hydroxylation is 1. The number of thiazole rings is 1. The van der Waals surface area contributed by atoms with Crippen molar-refractivity contribution in [3.05, 3.63) is 72.6 Å². The predicted octanol–water partition coefficient (Wildman–Crippen LogP) is 1.04. The summed E-state index contributed by atoms with van der Waals surface area (Å²) in [6, 6.07) is 1.12. The molecule has 0 bridgehead atoms. The Morgan fingerprint density at radius 1 is 1.39 bits per heavy atom. The summed E-state index contributed by atoms with van der Waals surface area (Å²) in [5.41, 5.74) is 3.02. The van der Waals surface area contributed by atoms with E-state index in [9.17, 15) is 9.59 Å². The van der Waals surface area contributed by atoms with Crippen LogP contribution in [-0.4, -0.2) is 27.4 Å². The van der Waals surface area contributed by atoms with Gasteiger partial charge in [0.1, 0.15) is 6.04 Å². The van der Waals surface area contributed by atoms with E-state index in [1.165, 1.54) is 18.4 Å². The molecule has 0 unspecified atom stereocenters. The highest BCUT2D eigenvalue weighted by Crippen LogP contribution is 2.31. The van der Waals surface area contributed by atoms with Crippen molar-refractivity contribution in [1.82, 2.24) is 14.3 Å². The first kappa shape index (κ1) is 18.2. The summed E-state index contributed by atoms with van der Waals surface area (Å²) >= 11 is 1.27. The Labute approximate surface area is 163 Å². The van der Waals surface area contributed by atoms with Gasteiger partial charge >= 0.3 is 5.97 Å². The summed E-state index contributed by atoms with van der Waals surface area (Å²) < 4.78 is 13.8. The van der Waals surface area contributed by atoms with E-state index < -0.39 is 12.0 Å². The van der Waals surface area contributed by atoms with Gasteiger partial charge in [-0.15, -0.1) is 0 Å². The lowest BCUT2D eigenvalue weighted by molar-refractivity contribution is -0.136. The summed E-state index contributed by atoms with van der Waals surface area (Å²) in [6.45, 7) is 3.64. The van der Waals surface area contributed by atoms with E-state index in [1.54, 1.807) is 47.0 Å². The maximum Gasteiger partial charge on any atom is 0.338 e. The van der Waals surface area contributed by atoms with Crippen molar-refractivity contribution < 1.29 is 13.9 Å². The van der Waals surface area contributed by atoms with Crippen LogP contribution in [0.4, 0.5) is 0 Å². The average Bonchev–Trinajstić information content (AvgIpc) is 3.37. The van der Waals surface area contributed by atoms with Crippen molar-refractivity contribution in [2.24, 2.45) is 12.0 Å². The van der Waals surface area contributed by atoms with Crippen LogP contribution in [0.25, 0.3) is 6.08 Å². The van der Waals surface area contributed by atoms with Crippen LogP contribution < -0.4 is 14.9 Å². The molecule has 4 rings (SSSR count). The van der Waals surface area contributed by atoms with E-state index in [2.05, 4.69) is 10.1 Å². The van der Waals surface area contributed by atoms with Gasteiger partial charge in [0, 0.05) is 23.9 Å². The van der Waals surface area contributed by atoms with Crippen molar-refractivity contribution in [2.75, 3.05) is 7.11 Å². The van der Waals surface area contributed by atoms with Crippen LogP contribution in [0.5, 0.6) is 0 Å². The van der Waals surface area contributed by atoms with E-state index >= 15 is 0 Å². The van der Waals surface area contributed by atoms with Gasteiger partial charge in [0.05, 0.1) is 41.6 Å². The lowest BCUT2D eigenvalue weighted by Gasteiger charge is -2.23. The Morgan fingerprint density at radius 3 is 2.79 bits per heavy atom. The molecule has 0 spiro atoms. The predicted molar refractivity (Wildman–Crippen MR) is 102 cm³/mol. The third-order valence-corrected chi connectivity index (χ3v) is 5.82. The molecule has 8 nitrogen and oxygen atoms in total. The van der Waals surface area contributed by atoms with Crippen LogP contribution in [-0.2, 0) is 16.6 Å². The maximum atomic E-state index is 13.3. The molecule has 0 saturated carbocycles. The second-order valence-corrected chi connectivity index (χ2v) is 7.45. The van der Waals surface area contributed by atoms with Crippen molar-refractivity contribution in [3.8, 4) is 0 Å². The molecule has 4 heterocycles. The number of ether oxygens (including phenoxy) is 1. The highest BCUT2D eigenvalue weighted by Gasteiger charge is 2.34. The molecule has 1 aliphatic rings. The number of carbonyl (C=O) groups excluding carboxylic acids is 1. The maximum absolute atomic E-state index is 13.3. The topological polar surface area (TPSA) is 91.6 Å². The van der Waals surface area contributed by atoms with Gasteiger partial charge < -0.3 is 9.15 Å². The quantitative estimate of drug-likeness (QED) is 0.615. The average molecular weight is 398 g/mol. The van der Waals surface area contributed by atoms with Crippen LogP contribution in [0.2, 0.25) is 0 Å². The smallest absolute Gasteiger partial charge is 0.338 e. The van der Waals surface area contributed by atoms with E-state index in [0.717, 1.165) is 16.8 Å². The van der Waals surface area contributed by atoms with Crippen LogP contribution in [0.15, 0.2) is 50.3 Å². The van der Waals surface area contributed by atoms with Crippen LogP contribution in [0.1, 0.15) is 29.8 Å². The molecule has 0 saturated heterocycles. The molecule has 0 aromatic carbocycles. The zero-order valence-electron chi connectivity index (χ0n) is 15.8. The van der Waals surface area contributed by atoms with Gasteiger partial charge in [0.15, 0.2) is 4.80 Å². The number of nitrogens with zero attached hydrogens (tertiary/aromatic N) is 4. The Morgan fingerprint density at radius 2 is 2.18 bits per heavy atom. The first-order valence-corrected chi connectivity index (χ1v) is 9.35. The molecule has 0 N–H and O–H groups in total. The lowest BCUT2D eigenvalue weighted by Crippen LogP contribution is -2.40. The lowest BCUT2D eigenvalue weighted by atomic mass is 9.96. The first-order valence-electron chi connectivity index (χ1n) is 8.54. The number of fused-ring (bicyclic) bond motifs is 1. The summed E-state index contributed by atoms with van der Waals surface area (Å²) in [5.74, 6) is -0.515. The number of furan rings is 1. The molecule has 0 aliphatic carbocycles. The molecular formula is C19H18N4O4S. The minimum absolute atomic E-state index is 0.230. The molecule has 0 amide bonds. The largest absolute Gasteiger partial charge is 0.472 e. The van der Waals surface area contributed by atoms with Gasteiger partial charge in [-0.1, -0.05) is 11.3 Å². The number of esters is 1. The molecule has 0 fully saturated rings. The normalized spacial score (nSPS) is 16.9. The third-order valence-electron chi connectivity index (χ3n) is 4.84. The fourth-order valence-electron chi connectivity index (χ4n) is 3.28. The molecule has 3 aromatic heterocycles. The highest BCUT2D eigenvalue weighted by molar-refractivity contribution is 7.07. The summed E-state index contributed by atoms with van der Waals surface area (Å²) in [6.07, 6.45) is 6.53. The monoisotopic (exact) mass is 398 g/mol. The van der Waals surface area contributed by atoms with E-state index in [-0.39, 0.29) is 5.56 Å². The van der Waals surface area contributed by atoms with Gasteiger partial charge in [0.25, 0.3) is 5.56 Å². The number of methoxy groups -OCH3 is 1. The van der Waals surface area contributed by atoms with E-state index in [4.69, 9.17) is 9.15 Å². The fourth-order valence-corrected chi connectivity index (χ4v) is 4.33. The Balaban J connectivity index is 2.03. The second-order valence-electron chi connectivity index (χ2n) is 6.44. The minimum Gasteiger partial charge on any atom is -0.472 e. The standard InChI is InChI=1S/C19H18N4O4S/c1-10-15(18(25)26-4)16(13-8-20-22(3)11(13)2)23-17(24)14(28-19(23)21-10)7-12-5-6-27-9-12/h5-9,16H,1-4H3/b14-7+/t16-/m0/s1. The van der Waals surface area contributed by atoms with Gasteiger partial charge in [-0.2, -0.15) is 5.10 Å². The van der Waals surface area contributed by atoms with E-state index in [0.29, 0.717) is 20.6 Å². The molecular weight excluding hydrogens is 380 g/mol. The van der Waals surface area contributed by atoms with Crippen LogP contribution in [0.3, 0.4) is 0 Å². The fraction of sp³-hybridized carbons (Fsp3) is 0.263. The number of hydrogen-bond acceptors (Lipinski definition) is 7. The molecule has 144 valence electrons. The number of carbonyl (C=O) groups is 1. The van der Waals surface area contributed by atoms with E-state index in [1.807, 2.05) is 14.0 Å². The number of aromatic nitrogens is 3. The van der Waals surface area contributed by atoms with Crippen molar-refractivity contribution in [1.29, 1.82) is 0 Å². The number of hydrogen-bond donors (Lipinski definition) is 0. The zero-order chi connectivity index (χ0) is 20.0. The van der Waals surface area contributed by atoms with Crippen molar-refractivity contribution in [3.63, 3.8) is 0 Å². The SMILES string of the molecule is COC(=O)C1=C(C)N=c2s/c(=C/c3ccoc3)c(=O)n2[C@H]1c1cnn(C)c1C. The Hall–Kier alpha value is -3.20. The minimum atomic E-state index is -0.649. The summed E-state index contributed by atoms with van der Waals surface area (Å²) in [4.78, 5) is 30.9. The Kier molecular flexibility index (Phi) is 4.38. The zero-order valence-corrected chi connectivity index (χ0v) is 16.6. The van der Waals surface area contributed by atoms with Gasteiger partial charge in [0.2, 0.25) is 0 Å². The van der Waals surface area contributed by atoms with Crippen LogP contribution >= 0.6 is 11.3 Å². The molecule has 0 radical (unpaired) electrons. The first-order chi connectivity index (χ1) is 13.4. The van der Waals surface area contributed by atoms with Crippen LogP contribution in [0, 0.1) is 6.92 Å². The number of allylic oxidation sites excluding steroid dienone is 1. The summed E-state index contributed by atoms with van der Waals surface area (Å²) in [7, 11) is 3.13. The third kappa shape index (κ3) is 2.75. The van der Waals surface area contributed by atoms with Gasteiger partial charge in [-0.05, 0) is 26.0 Å². The highest BCUT2D eigenvalue weighted by atomic mass is 32.1. The van der Waals surface area contributed by atoms with Gasteiger partial charge in [-0.25, -0.2) is 9.79 Å². The molecule has 28 heavy (non-hydrogen) atoms. The van der Waals surface area contributed by atoms with Gasteiger partial charge in [-0.3, -0.25) is 14.0 Å². The number of rotatable bonds is 3. The molecule has 9 heteroatoms. The summed E-state index contributed by atoms with van der Waals surface area (Å²) in [5, 5.41) is 4.29. The molecule has 1 aliphatic heterocycles. The Bertz CT molecular complexity index is 1270. The molecule has 1 atom stereocenters. The van der Waals surface area contributed by atoms with Crippen molar-refractivity contribution >= 4 is 23.4 Å². The van der Waals surface area contributed by atoms with Crippen molar-refractivity contribution in [2.45, 2.75) is 19.9 Å². The molecule has 3 aromatic rings. The second kappa shape index (κ2) is 6.75.